The number of sulfonamides is 1. The van der Waals surface area contributed by atoms with Crippen molar-refractivity contribution in [3.05, 3.63) is 41.3 Å². The van der Waals surface area contributed by atoms with Crippen LogP contribution in [-0.4, -0.2) is 46.8 Å². The first-order valence-electron chi connectivity index (χ1n) is 8.35. The molecule has 10 heteroatoms. The predicted octanol–water partition coefficient (Wildman–Crippen LogP) is 1.97. The highest BCUT2D eigenvalue weighted by molar-refractivity contribution is 7.92. The van der Waals surface area contributed by atoms with Crippen LogP contribution in [0.1, 0.15) is 47.4 Å². The van der Waals surface area contributed by atoms with E-state index in [2.05, 4.69) is 5.16 Å². The van der Waals surface area contributed by atoms with Gasteiger partial charge in [0.15, 0.2) is 21.4 Å². The van der Waals surface area contributed by atoms with Crippen molar-refractivity contribution >= 4 is 31.3 Å². The van der Waals surface area contributed by atoms with Crippen LogP contribution in [-0.2, 0) is 19.9 Å². The minimum Gasteiger partial charge on any atom is -0.360 e. The molecule has 0 aliphatic heterocycles. The highest BCUT2D eigenvalue weighted by Gasteiger charge is 2.34. The molecule has 1 aromatic heterocycles. The van der Waals surface area contributed by atoms with Crippen molar-refractivity contribution in [2.75, 3.05) is 23.4 Å². The van der Waals surface area contributed by atoms with Gasteiger partial charge in [-0.15, -0.1) is 0 Å². The third-order valence-electron chi connectivity index (χ3n) is 4.39. The Morgan fingerprint density at radius 1 is 1.19 bits per heavy atom. The maximum atomic E-state index is 13.1. The molecular formula is C17H20N2O6S2. The monoisotopic (exact) mass is 412 g/mol. The summed E-state index contributed by atoms with van der Waals surface area (Å²) in [7, 11) is -7.31. The van der Waals surface area contributed by atoms with Crippen molar-refractivity contribution < 1.29 is 26.2 Å². The Morgan fingerprint density at radius 3 is 2.37 bits per heavy atom. The maximum absolute atomic E-state index is 13.1. The summed E-state index contributed by atoms with van der Waals surface area (Å²) in [6, 6.07) is 3.86. The lowest BCUT2D eigenvalue weighted by molar-refractivity contribution is 0.103. The number of ketones is 1. The molecule has 0 bridgehead atoms. The molecule has 8 nitrogen and oxygen atoms in total. The van der Waals surface area contributed by atoms with E-state index in [1.54, 1.807) is 6.92 Å². The zero-order chi connectivity index (χ0) is 20.0. The van der Waals surface area contributed by atoms with E-state index in [1.165, 1.54) is 24.4 Å². The molecule has 0 N–H and O–H groups in total. The third-order valence-corrected chi connectivity index (χ3v) is 6.76. The zero-order valence-electron chi connectivity index (χ0n) is 15.2. The van der Waals surface area contributed by atoms with Gasteiger partial charge < -0.3 is 4.52 Å². The quantitative estimate of drug-likeness (QED) is 0.639. The fraction of sp³-hybridized carbons (Fsp3) is 0.412. The molecule has 1 aliphatic rings. The second kappa shape index (κ2) is 6.75. The van der Waals surface area contributed by atoms with E-state index in [0.717, 1.165) is 29.7 Å². The maximum Gasteiger partial charge on any atom is 0.232 e. The van der Waals surface area contributed by atoms with Crippen molar-refractivity contribution in [2.24, 2.45) is 0 Å². The summed E-state index contributed by atoms with van der Waals surface area (Å²) >= 11 is 0. The normalized spacial score (nSPS) is 14.9. The molecule has 0 atom stereocenters. The Morgan fingerprint density at radius 2 is 1.85 bits per heavy atom. The Bertz CT molecular complexity index is 1100. The smallest absolute Gasteiger partial charge is 0.232 e. The van der Waals surface area contributed by atoms with Gasteiger partial charge >= 0.3 is 0 Å². The largest absolute Gasteiger partial charge is 0.360 e. The summed E-state index contributed by atoms with van der Waals surface area (Å²) in [6.45, 7) is 1.66. The first-order valence-corrected chi connectivity index (χ1v) is 12.1. The topological polar surface area (TPSA) is 115 Å². The van der Waals surface area contributed by atoms with Gasteiger partial charge in [-0.1, -0.05) is 5.16 Å². The van der Waals surface area contributed by atoms with Crippen LogP contribution in [0.4, 0.5) is 5.69 Å². The summed E-state index contributed by atoms with van der Waals surface area (Å²) in [5, 5.41) is 3.71. The molecule has 1 heterocycles. The number of aromatic nitrogens is 1. The van der Waals surface area contributed by atoms with E-state index in [-0.39, 0.29) is 34.2 Å². The fourth-order valence-electron chi connectivity index (χ4n) is 2.93. The van der Waals surface area contributed by atoms with Crippen LogP contribution in [0.15, 0.2) is 33.8 Å². The Hall–Kier alpha value is -2.20. The van der Waals surface area contributed by atoms with E-state index < -0.39 is 25.6 Å². The van der Waals surface area contributed by atoms with Crippen molar-refractivity contribution in [1.82, 2.24) is 5.16 Å². The molecular weight excluding hydrogens is 392 g/mol. The van der Waals surface area contributed by atoms with Gasteiger partial charge in [0.2, 0.25) is 10.0 Å². The highest BCUT2D eigenvalue weighted by Crippen LogP contribution is 2.42. The minimum absolute atomic E-state index is 0.0240. The predicted molar refractivity (Wildman–Crippen MR) is 99.3 cm³/mol. The molecule has 0 amide bonds. The molecule has 0 spiro atoms. The molecule has 1 saturated carbocycles. The minimum atomic E-state index is -3.72. The summed E-state index contributed by atoms with van der Waals surface area (Å²) in [5.74, 6) is 0.179. The number of hydrogen-bond acceptors (Lipinski definition) is 7. The first kappa shape index (κ1) is 19.6. The van der Waals surface area contributed by atoms with Crippen LogP contribution < -0.4 is 4.31 Å². The van der Waals surface area contributed by atoms with Gasteiger partial charge in [-0.2, -0.15) is 0 Å². The van der Waals surface area contributed by atoms with E-state index >= 15 is 0 Å². The summed E-state index contributed by atoms with van der Waals surface area (Å²) in [4.78, 5) is 13.1. The standard InChI is InChI=1S/C17H20N2O6S2/c1-4-19(27(3,23)24)15-9-12(26(2,21)22)7-8-13(15)16(20)14-10-18-25-17(14)11-5-6-11/h7-11H,4-6H2,1-3H3. The number of hydrogen-bond donors (Lipinski definition) is 0. The van der Waals surface area contributed by atoms with E-state index in [0.29, 0.717) is 5.76 Å². The van der Waals surface area contributed by atoms with Gasteiger partial charge in [0.25, 0.3) is 0 Å². The first-order chi connectivity index (χ1) is 12.5. The molecule has 1 aliphatic carbocycles. The van der Waals surface area contributed by atoms with Crippen LogP contribution in [0.2, 0.25) is 0 Å². The average Bonchev–Trinajstić information content (AvgIpc) is 3.29. The van der Waals surface area contributed by atoms with Crippen molar-refractivity contribution in [2.45, 2.75) is 30.6 Å². The number of sulfone groups is 1. The van der Waals surface area contributed by atoms with Gasteiger partial charge in [-0.05, 0) is 38.0 Å². The van der Waals surface area contributed by atoms with Crippen LogP contribution in [0.5, 0.6) is 0 Å². The lowest BCUT2D eigenvalue weighted by Crippen LogP contribution is -2.31. The Balaban J connectivity index is 2.19. The Kier molecular flexibility index (Phi) is 4.89. The van der Waals surface area contributed by atoms with Crippen molar-refractivity contribution in [1.29, 1.82) is 0 Å². The van der Waals surface area contributed by atoms with Crippen LogP contribution in [0, 0.1) is 0 Å². The molecule has 2 aromatic rings. The zero-order valence-corrected chi connectivity index (χ0v) is 16.8. The van der Waals surface area contributed by atoms with Crippen molar-refractivity contribution in [3.63, 3.8) is 0 Å². The number of benzene rings is 1. The van der Waals surface area contributed by atoms with Gasteiger partial charge in [0.05, 0.1) is 28.6 Å². The van der Waals surface area contributed by atoms with Gasteiger partial charge in [-0.3, -0.25) is 9.10 Å². The second-order valence-electron chi connectivity index (χ2n) is 6.59. The van der Waals surface area contributed by atoms with Gasteiger partial charge in [0, 0.05) is 24.3 Å². The van der Waals surface area contributed by atoms with Crippen molar-refractivity contribution in [3.8, 4) is 0 Å². The highest BCUT2D eigenvalue weighted by atomic mass is 32.2. The summed E-state index contributed by atoms with van der Waals surface area (Å²) in [5.41, 5.74) is 0.381. The molecule has 3 rings (SSSR count). The summed E-state index contributed by atoms with van der Waals surface area (Å²) < 4.78 is 54.5. The molecule has 1 aromatic carbocycles. The van der Waals surface area contributed by atoms with Gasteiger partial charge in [0.1, 0.15) is 0 Å². The number of anilines is 1. The average molecular weight is 412 g/mol. The fourth-order valence-corrected chi connectivity index (χ4v) is 4.55. The lowest BCUT2D eigenvalue weighted by Gasteiger charge is -2.23. The molecule has 146 valence electrons. The molecule has 27 heavy (non-hydrogen) atoms. The second-order valence-corrected chi connectivity index (χ2v) is 10.5. The number of nitrogens with zero attached hydrogens (tertiary/aromatic N) is 2. The summed E-state index contributed by atoms with van der Waals surface area (Å²) in [6.07, 6.45) is 5.16. The third kappa shape index (κ3) is 3.91. The van der Waals surface area contributed by atoms with Crippen LogP contribution >= 0.6 is 0 Å². The van der Waals surface area contributed by atoms with E-state index in [9.17, 15) is 21.6 Å². The van der Waals surface area contributed by atoms with Crippen LogP contribution in [0.3, 0.4) is 0 Å². The molecule has 0 saturated heterocycles. The number of rotatable bonds is 7. The van der Waals surface area contributed by atoms with E-state index in [1.807, 2.05) is 0 Å². The Labute approximate surface area is 158 Å². The molecule has 1 fully saturated rings. The number of carbonyl (C=O) groups excluding carboxylic acids is 1. The van der Waals surface area contributed by atoms with Crippen LogP contribution in [0.25, 0.3) is 0 Å². The SMILES string of the molecule is CCN(c1cc(S(C)(=O)=O)ccc1C(=O)c1cnoc1C1CC1)S(C)(=O)=O. The lowest BCUT2D eigenvalue weighted by atomic mass is 10.0. The van der Waals surface area contributed by atoms with Gasteiger partial charge in [-0.25, -0.2) is 16.8 Å². The molecule has 0 unspecified atom stereocenters. The number of carbonyl (C=O) groups is 1. The molecule has 0 radical (unpaired) electrons. The van der Waals surface area contributed by atoms with E-state index in [4.69, 9.17) is 4.52 Å².